The zero-order valence-electron chi connectivity index (χ0n) is 12.8. The Morgan fingerprint density at radius 2 is 2.00 bits per heavy atom. The van der Waals surface area contributed by atoms with Gasteiger partial charge in [0.15, 0.2) is 5.82 Å². The van der Waals surface area contributed by atoms with Gasteiger partial charge in [0.1, 0.15) is 0 Å². The second-order valence-electron chi connectivity index (χ2n) is 5.39. The van der Waals surface area contributed by atoms with Gasteiger partial charge in [-0.3, -0.25) is 0 Å². The molecule has 3 aromatic rings. The largest absolute Gasteiger partial charge is 0.308 e. The number of aryl methyl sites for hydroxylation is 1. The maximum Gasteiger partial charge on any atom is 0.161 e. The van der Waals surface area contributed by atoms with Crippen molar-refractivity contribution in [1.29, 1.82) is 0 Å². The fourth-order valence-corrected chi connectivity index (χ4v) is 2.80. The van der Waals surface area contributed by atoms with Crippen LogP contribution in [0.25, 0.3) is 22.3 Å². The molecule has 0 bridgehead atoms. The Balaban J connectivity index is 1.82. The Kier molecular flexibility index (Phi) is 3.31. The van der Waals surface area contributed by atoms with E-state index in [1.54, 1.807) is 0 Å². The summed E-state index contributed by atoms with van der Waals surface area (Å²) >= 11 is 0. The quantitative estimate of drug-likeness (QED) is 0.781. The van der Waals surface area contributed by atoms with Crippen LogP contribution < -0.4 is 10.9 Å². The fraction of sp³-hybridized carbons (Fsp3) is 0.111. The molecule has 2 N–H and O–H groups in total. The van der Waals surface area contributed by atoms with Crippen molar-refractivity contribution >= 4 is 16.5 Å². The zero-order chi connectivity index (χ0) is 15.6. The molecule has 0 saturated carbocycles. The molecule has 1 aliphatic rings. The van der Waals surface area contributed by atoms with Crippen LogP contribution in [-0.4, -0.2) is 14.8 Å². The number of fused-ring (bicyclic) bond motifs is 1. The Morgan fingerprint density at radius 1 is 1.13 bits per heavy atom. The number of hydrogen-bond acceptors (Lipinski definition) is 4. The van der Waals surface area contributed by atoms with Crippen LogP contribution >= 0.6 is 0 Å². The summed E-state index contributed by atoms with van der Waals surface area (Å²) in [6.45, 7) is 2.15. The number of hydrogen-bond donors (Lipinski definition) is 2. The van der Waals surface area contributed by atoms with Crippen molar-refractivity contribution in [3.63, 3.8) is 0 Å². The minimum absolute atomic E-state index is 0.851. The lowest BCUT2D eigenvalue weighted by atomic mass is 10.1. The molecule has 1 aromatic carbocycles. The molecule has 23 heavy (non-hydrogen) atoms. The third-order valence-corrected chi connectivity index (χ3v) is 4.00. The molecule has 2 aromatic heterocycles. The summed E-state index contributed by atoms with van der Waals surface area (Å²) in [6, 6.07) is 8.34. The van der Waals surface area contributed by atoms with Gasteiger partial charge in [0.05, 0.1) is 11.9 Å². The Bertz CT molecular complexity index is 920. The molecule has 5 heteroatoms. The molecule has 4 rings (SSSR count). The molecular weight excluding hydrogens is 286 g/mol. The Morgan fingerprint density at radius 3 is 2.78 bits per heavy atom. The van der Waals surface area contributed by atoms with Gasteiger partial charge in [-0.25, -0.2) is 9.67 Å². The predicted molar refractivity (Wildman–Crippen MR) is 91.6 cm³/mol. The lowest BCUT2D eigenvalue weighted by Crippen LogP contribution is -2.26. The molecule has 5 nitrogen and oxygen atoms in total. The minimum Gasteiger partial charge on any atom is -0.308 e. The standard InChI is InChI=1S/C18H17N5/c1-2-13-10-19-18(16-7-4-3-6-15(13)16)23-12-14(11-21-23)17-8-5-9-20-22-17/h3-12,20,22H,2H2,1H3. The molecule has 0 fully saturated rings. The van der Waals surface area contributed by atoms with Crippen LogP contribution in [0.2, 0.25) is 0 Å². The summed E-state index contributed by atoms with van der Waals surface area (Å²) < 4.78 is 1.83. The van der Waals surface area contributed by atoms with Gasteiger partial charge in [0.25, 0.3) is 0 Å². The molecule has 3 heterocycles. The van der Waals surface area contributed by atoms with Crippen LogP contribution in [0.5, 0.6) is 0 Å². The number of benzene rings is 1. The van der Waals surface area contributed by atoms with E-state index < -0.39 is 0 Å². The lowest BCUT2D eigenvalue weighted by Gasteiger charge is -2.11. The highest BCUT2D eigenvalue weighted by Gasteiger charge is 2.11. The van der Waals surface area contributed by atoms with Crippen LogP contribution in [0.3, 0.4) is 0 Å². The van der Waals surface area contributed by atoms with E-state index in [9.17, 15) is 0 Å². The minimum atomic E-state index is 0.851. The van der Waals surface area contributed by atoms with Gasteiger partial charge >= 0.3 is 0 Å². The smallest absolute Gasteiger partial charge is 0.161 e. The van der Waals surface area contributed by atoms with E-state index in [0.29, 0.717) is 0 Å². The van der Waals surface area contributed by atoms with E-state index in [1.165, 1.54) is 10.9 Å². The molecule has 0 spiro atoms. The van der Waals surface area contributed by atoms with Gasteiger partial charge in [-0.15, -0.1) is 0 Å². The van der Waals surface area contributed by atoms with Crippen LogP contribution in [0, 0.1) is 0 Å². The lowest BCUT2D eigenvalue weighted by molar-refractivity contribution is 0.787. The van der Waals surface area contributed by atoms with E-state index in [2.05, 4.69) is 46.1 Å². The van der Waals surface area contributed by atoms with E-state index >= 15 is 0 Å². The van der Waals surface area contributed by atoms with Gasteiger partial charge in [-0.2, -0.15) is 5.10 Å². The monoisotopic (exact) mass is 303 g/mol. The van der Waals surface area contributed by atoms with Gasteiger partial charge in [-0.1, -0.05) is 31.2 Å². The first kappa shape index (κ1) is 13.6. The molecule has 0 unspecified atom stereocenters. The average Bonchev–Trinajstić information content (AvgIpc) is 3.11. The average molecular weight is 303 g/mol. The normalized spacial score (nSPS) is 13.5. The number of hydrazine groups is 1. The summed E-state index contributed by atoms with van der Waals surface area (Å²) in [6.07, 6.45) is 12.5. The summed E-state index contributed by atoms with van der Waals surface area (Å²) in [5.41, 5.74) is 9.32. The number of rotatable bonds is 3. The number of nitrogens with one attached hydrogen (secondary N) is 2. The summed E-state index contributed by atoms with van der Waals surface area (Å²) in [4.78, 5) is 4.64. The summed E-state index contributed by atoms with van der Waals surface area (Å²) in [7, 11) is 0. The van der Waals surface area contributed by atoms with Crippen molar-refractivity contribution in [1.82, 2.24) is 25.6 Å². The number of allylic oxidation sites excluding steroid dienone is 2. The zero-order valence-corrected chi connectivity index (χ0v) is 12.8. The van der Waals surface area contributed by atoms with E-state index in [1.807, 2.05) is 47.7 Å². The van der Waals surface area contributed by atoms with Crippen LogP contribution in [0.4, 0.5) is 0 Å². The molecule has 0 saturated heterocycles. The highest BCUT2D eigenvalue weighted by Crippen LogP contribution is 2.24. The van der Waals surface area contributed by atoms with E-state index in [4.69, 9.17) is 0 Å². The molecular formula is C18H17N5. The van der Waals surface area contributed by atoms with Crippen molar-refractivity contribution in [2.75, 3.05) is 0 Å². The molecule has 0 amide bonds. The predicted octanol–water partition coefficient (Wildman–Crippen LogP) is 2.95. The van der Waals surface area contributed by atoms with Crippen LogP contribution in [-0.2, 0) is 6.42 Å². The first-order valence-corrected chi connectivity index (χ1v) is 7.67. The van der Waals surface area contributed by atoms with Crippen LogP contribution in [0.1, 0.15) is 18.1 Å². The maximum atomic E-state index is 4.64. The molecule has 0 atom stereocenters. The van der Waals surface area contributed by atoms with Gasteiger partial charge in [0.2, 0.25) is 0 Å². The summed E-state index contributed by atoms with van der Waals surface area (Å²) in [5, 5.41) is 6.84. The van der Waals surface area contributed by atoms with Crippen molar-refractivity contribution in [2.45, 2.75) is 13.3 Å². The SMILES string of the molecule is CCc1cnc(-n2cc(C3=CC=CNN3)cn2)c2ccccc12. The highest BCUT2D eigenvalue weighted by molar-refractivity contribution is 5.91. The second-order valence-corrected chi connectivity index (χ2v) is 5.39. The van der Waals surface area contributed by atoms with E-state index in [0.717, 1.165) is 28.9 Å². The Hall–Kier alpha value is -3.08. The molecule has 0 aliphatic carbocycles. The number of aromatic nitrogens is 3. The van der Waals surface area contributed by atoms with Gasteiger partial charge in [-0.05, 0) is 29.5 Å². The Labute approximate surface area is 134 Å². The van der Waals surface area contributed by atoms with Crippen molar-refractivity contribution in [3.8, 4) is 5.82 Å². The molecule has 1 aliphatic heterocycles. The topological polar surface area (TPSA) is 54.8 Å². The molecule has 0 radical (unpaired) electrons. The van der Waals surface area contributed by atoms with Gasteiger partial charge in [0, 0.05) is 29.5 Å². The van der Waals surface area contributed by atoms with Crippen LogP contribution in [0.15, 0.2) is 61.2 Å². The van der Waals surface area contributed by atoms with Gasteiger partial charge < -0.3 is 10.9 Å². The summed E-state index contributed by atoms with van der Waals surface area (Å²) in [5.74, 6) is 0.851. The van der Waals surface area contributed by atoms with Crippen molar-refractivity contribution in [2.24, 2.45) is 0 Å². The maximum absolute atomic E-state index is 4.64. The first-order valence-electron chi connectivity index (χ1n) is 7.67. The number of pyridine rings is 1. The van der Waals surface area contributed by atoms with E-state index in [-0.39, 0.29) is 0 Å². The molecule has 114 valence electrons. The fourth-order valence-electron chi connectivity index (χ4n) is 2.80. The third kappa shape index (κ3) is 2.36. The first-order chi connectivity index (χ1) is 11.4. The number of nitrogens with zero attached hydrogens (tertiary/aromatic N) is 3. The van der Waals surface area contributed by atoms with Crippen molar-refractivity contribution < 1.29 is 0 Å². The second kappa shape index (κ2) is 5.61. The highest BCUT2D eigenvalue weighted by atomic mass is 15.4. The van der Waals surface area contributed by atoms with Crippen molar-refractivity contribution in [3.05, 3.63) is 72.3 Å². The third-order valence-electron chi connectivity index (χ3n) is 4.00.